The summed E-state index contributed by atoms with van der Waals surface area (Å²) in [6.07, 6.45) is 0.882. The van der Waals surface area contributed by atoms with Gasteiger partial charge in [0.1, 0.15) is 23.1 Å². The third-order valence-corrected chi connectivity index (χ3v) is 3.80. The lowest BCUT2D eigenvalue weighted by molar-refractivity contribution is -0.00626. The first kappa shape index (κ1) is 15.0. The fourth-order valence-electron chi connectivity index (χ4n) is 2.19. The quantitative estimate of drug-likeness (QED) is 0.854. The molecule has 0 bridgehead atoms. The summed E-state index contributed by atoms with van der Waals surface area (Å²) in [5.41, 5.74) is 6.56. The van der Waals surface area contributed by atoms with E-state index in [1.807, 2.05) is 6.92 Å². The van der Waals surface area contributed by atoms with E-state index in [4.69, 9.17) is 15.2 Å². The zero-order chi connectivity index (χ0) is 14.8. The molecule has 1 unspecified atom stereocenters. The number of hydrogen-bond acceptors (Lipinski definition) is 6. The molecule has 0 amide bonds. The van der Waals surface area contributed by atoms with Crippen LogP contribution in [-0.2, 0) is 9.47 Å². The molecule has 1 aliphatic rings. The number of nitrogen functional groups attached to an aromatic ring is 1. The number of aromatic nitrogens is 2. The molecule has 3 N–H and O–H groups in total. The van der Waals surface area contributed by atoms with E-state index in [1.165, 1.54) is 0 Å². The van der Waals surface area contributed by atoms with Crippen LogP contribution in [0.5, 0.6) is 0 Å². The number of methoxy groups -OCH3 is 1. The highest BCUT2D eigenvalue weighted by molar-refractivity contribution is 5.55. The van der Waals surface area contributed by atoms with Crippen molar-refractivity contribution in [1.82, 2.24) is 9.97 Å². The summed E-state index contributed by atoms with van der Waals surface area (Å²) < 4.78 is 11.0. The van der Waals surface area contributed by atoms with Crippen LogP contribution in [0.2, 0.25) is 0 Å². The van der Waals surface area contributed by atoms with Gasteiger partial charge in [-0.3, -0.25) is 0 Å². The molecule has 1 aromatic rings. The molecule has 0 radical (unpaired) electrons. The van der Waals surface area contributed by atoms with Crippen molar-refractivity contribution < 1.29 is 9.47 Å². The summed E-state index contributed by atoms with van der Waals surface area (Å²) >= 11 is 0. The molecule has 1 aromatic heterocycles. The average Bonchev–Trinajstić information content (AvgIpc) is 2.89. The number of rotatable bonds is 5. The molecular formula is C14H24N4O2. The molecule has 0 aliphatic carbocycles. The average molecular weight is 280 g/mol. The van der Waals surface area contributed by atoms with Gasteiger partial charge in [-0.1, -0.05) is 13.8 Å². The molecule has 0 aromatic carbocycles. The zero-order valence-electron chi connectivity index (χ0n) is 12.7. The van der Waals surface area contributed by atoms with E-state index in [-0.39, 0.29) is 11.5 Å². The van der Waals surface area contributed by atoms with Crippen molar-refractivity contribution in [3.05, 3.63) is 11.4 Å². The van der Waals surface area contributed by atoms with Gasteiger partial charge in [0, 0.05) is 38.2 Å². The van der Waals surface area contributed by atoms with Crippen LogP contribution in [0.25, 0.3) is 0 Å². The minimum absolute atomic E-state index is 0.240. The van der Waals surface area contributed by atoms with Crippen molar-refractivity contribution in [2.24, 2.45) is 0 Å². The molecular weight excluding hydrogens is 256 g/mol. The molecule has 1 atom stereocenters. The topological polar surface area (TPSA) is 82.3 Å². The van der Waals surface area contributed by atoms with Gasteiger partial charge >= 0.3 is 0 Å². The normalized spacial score (nSPS) is 22.4. The van der Waals surface area contributed by atoms with Gasteiger partial charge < -0.3 is 20.5 Å². The molecule has 6 heteroatoms. The van der Waals surface area contributed by atoms with Crippen LogP contribution < -0.4 is 11.1 Å². The van der Waals surface area contributed by atoms with Crippen LogP contribution >= 0.6 is 0 Å². The third-order valence-electron chi connectivity index (χ3n) is 3.80. The summed E-state index contributed by atoms with van der Waals surface area (Å²) in [5, 5.41) is 3.35. The summed E-state index contributed by atoms with van der Waals surface area (Å²) in [5.74, 6) is 2.30. The summed E-state index contributed by atoms with van der Waals surface area (Å²) in [6.45, 7) is 8.01. The van der Waals surface area contributed by atoms with E-state index >= 15 is 0 Å². The van der Waals surface area contributed by atoms with Crippen LogP contribution in [0.4, 0.5) is 11.6 Å². The molecule has 112 valence electrons. The predicted octanol–water partition coefficient (Wildman–Crippen LogP) is 1.71. The van der Waals surface area contributed by atoms with Crippen LogP contribution in [-0.4, -0.2) is 42.4 Å². The van der Waals surface area contributed by atoms with E-state index in [9.17, 15) is 0 Å². The Labute approximate surface area is 120 Å². The Hall–Kier alpha value is -1.40. The standard InChI is InChI=1S/C14H24N4O2/c1-9(2)12-17-11(15)10(3)13(18-12)16-7-14(19-4)5-6-20-8-14/h9H,5-8H2,1-4H3,(H3,15,16,17,18). The van der Waals surface area contributed by atoms with Gasteiger partial charge in [-0.2, -0.15) is 0 Å². The van der Waals surface area contributed by atoms with Crippen molar-refractivity contribution >= 4 is 11.6 Å². The fraction of sp³-hybridized carbons (Fsp3) is 0.714. The van der Waals surface area contributed by atoms with Crippen LogP contribution in [0.15, 0.2) is 0 Å². The minimum Gasteiger partial charge on any atom is -0.383 e. The Morgan fingerprint density at radius 2 is 2.20 bits per heavy atom. The Morgan fingerprint density at radius 3 is 2.75 bits per heavy atom. The van der Waals surface area contributed by atoms with E-state index in [1.54, 1.807) is 7.11 Å². The van der Waals surface area contributed by atoms with Crippen molar-refractivity contribution in [2.75, 3.05) is 37.9 Å². The number of nitrogens with zero attached hydrogens (tertiary/aromatic N) is 2. The maximum atomic E-state index is 5.96. The molecule has 2 rings (SSSR count). The summed E-state index contributed by atoms with van der Waals surface area (Å²) in [4.78, 5) is 8.88. The molecule has 1 fully saturated rings. The van der Waals surface area contributed by atoms with Gasteiger partial charge in [0.15, 0.2) is 0 Å². The molecule has 1 saturated heterocycles. The number of ether oxygens (including phenoxy) is 2. The van der Waals surface area contributed by atoms with Gasteiger partial charge in [-0.25, -0.2) is 9.97 Å². The zero-order valence-corrected chi connectivity index (χ0v) is 12.7. The van der Waals surface area contributed by atoms with E-state index in [0.29, 0.717) is 19.0 Å². The first-order valence-corrected chi connectivity index (χ1v) is 6.98. The second-order valence-corrected chi connectivity index (χ2v) is 5.64. The number of nitrogens with two attached hydrogens (primary N) is 1. The van der Waals surface area contributed by atoms with Gasteiger partial charge in [0.25, 0.3) is 0 Å². The highest BCUT2D eigenvalue weighted by atomic mass is 16.5. The SMILES string of the molecule is COC1(CNc2nc(C(C)C)nc(N)c2C)CCOC1. The van der Waals surface area contributed by atoms with Crippen molar-refractivity contribution in [2.45, 2.75) is 38.7 Å². The maximum absolute atomic E-state index is 5.96. The monoisotopic (exact) mass is 280 g/mol. The lowest BCUT2D eigenvalue weighted by Crippen LogP contribution is -2.40. The summed E-state index contributed by atoms with van der Waals surface area (Å²) in [6, 6.07) is 0. The molecule has 20 heavy (non-hydrogen) atoms. The van der Waals surface area contributed by atoms with Crippen molar-refractivity contribution in [1.29, 1.82) is 0 Å². The van der Waals surface area contributed by atoms with Crippen LogP contribution in [0, 0.1) is 6.92 Å². The first-order chi connectivity index (χ1) is 9.47. The first-order valence-electron chi connectivity index (χ1n) is 6.98. The largest absolute Gasteiger partial charge is 0.383 e. The van der Waals surface area contributed by atoms with Gasteiger partial charge in [0.2, 0.25) is 0 Å². The predicted molar refractivity (Wildman–Crippen MR) is 78.9 cm³/mol. The van der Waals surface area contributed by atoms with Gasteiger partial charge in [-0.05, 0) is 6.92 Å². The molecule has 0 spiro atoms. The molecule has 1 aliphatic heterocycles. The Balaban J connectivity index is 2.16. The second-order valence-electron chi connectivity index (χ2n) is 5.64. The fourth-order valence-corrected chi connectivity index (χ4v) is 2.19. The van der Waals surface area contributed by atoms with Gasteiger partial charge in [0.05, 0.1) is 6.61 Å². The smallest absolute Gasteiger partial charge is 0.135 e. The number of hydrogen-bond donors (Lipinski definition) is 2. The highest BCUT2D eigenvalue weighted by Crippen LogP contribution is 2.25. The van der Waals surface area contributed by atoms with E-state index in [0.717, 1.165) is 30.2 Å². The lowest BCUT2D eigenvalue weighted by Gasteiger charge is -2.26. The number of nitrogens with one attached hydrogen (secondary N) is 1. The van der Waals surface area contributed by atoms with Gasteiger partial charge in [-0.15, -0.1) is 0 Å². The second kappa shape index (κ2) is 5.93. The highest BCUT2D eigenvalue weighted by Gasteiger charge is 2.35. The van der Waals surface area contributed by atoms with E-state index in [2.05, 4.69) is 29.1 Å². The third kappa shape index (κ3) is 3.02. The summed E-state index contributed by atoms with van der Waals surface area (Å²) in [7, 11) is 1.72. The van der Waals surface area contributed by atoms with Crippen LogP contribution in [0.3, 0.4) is 0 Å². The molecule has 6 nitrogen and oxygen atoms in total. The molecule has 2 heterocycles. The van der Waals surface area contributed by atoms with Crippen LogP contribution in [0.1, 0.15) is 37.6 Å². The Kier molecular flexibility index (Phi) is 4.45. The Morgan fingerprint density at radius 1 is 1.45 bits per heavy atom. The van der Waals surface area contributed by atoms with E-state index < -0.39 is 0 Å². The lowest BCUT2D eigenvalue weighted by atomic mass is 10.0. The van der Waals surface area contributed by atoms with Crippen molar-refractivity contribution in [3.8, 4) is 0 Å². The number of anilines is 2. The van der Waals surface area contributed by atoms with Crippen molar-refractivity contribution in [3.63, 3.8) is 0 Å². The Bertz CT molecular complexity index is 470. The maximum Gasteiger partial charge on any atom is 0.135 e. The minimum atomic E-state index is -0.274. The molecule has 0 saturated carbocycles.